The molecule has 102 valence electrons. The number of hydrogen-bond acceptors (Lipinski definition) is 3. The van der Waals surface area contributed by atoms with Gasteiger partial charge in [-0.1, -0.05) is 11.8 Å². The van der Waals surface area contributed by atoms with Crippen LogP contribution in [0.1, 0.15) is 18.4 Å². The van der Waals surface area contributed by atoms with Crippen molar-refractivity contribution in [3.8, 4) is 11.8 Å². The van der Waals surface area contributed by atoms with Crippen LogP contribution < -0.4 is 10.0 Å². The number of sulfonamides is 1. The lowest BCUT2D eigenvalue weighted by atomic mass is 10.2. The summed E-state index contributed by atoms with van der Waals surface area (Å²) in [5.41, 5.74) is 5.82. The van der Waals surface area contributed by atoms with Crippen LogP contribution in [0.4, 0.5) is 10.1 Å². The van der Waals surface area contributed by atoms with Crippen molar-refractivity contribution in [2.45, 2.75) is 12.8 Å². The standard InChI is InChI=1S/C13H15FN2O2S/c14-12-10-11(4-3-7-15)5-6-13(12)16-8-1-2-9-19(16,17)18/h5-6,10H,1-2,7-9,15H2. The summed E-state index contributed by atoms with van der Waals surface area (Å²) in [4.78, 5) is 0. The van der Waals surface area contributed by atoms with E-state index in [1.54, 1.807) is 6.07 Å². The average Bonchev–Trinajstić information content (AvgIpc) is 2.37. The van der Waals surface area contributed by atoms with E-state index in [2.05, 4.69) is 11.8 Å². The Morgan fingerprint density at radius 1 is 1.37 bits per heavy atom. The van der Waals surface area contributed by atoms with E-state index >= 15 is 0 Å². The van der Waals surface area contributed by atoms with Gasteiger partial charge in [-0.25, -0.2) is 12.8 Å². The summed E-state index contributed by atoms with van der Waals surface area (Å²) in [6.07, 6.45) is 1.37. The van der Waals surface area contributed by atoms with Crippen molar-refractivity contribution >= 4 is 15.7 Å². The van der Waals surface area contributed by atoms with Crippen molar-refractivity contribution < 1.29 is 12.8 Å². The van der Waals surface area contributed by atoms with Crippen LogP contribution in [-0.2, 0) is 10.0 Å². The molecule has 0 aliphatic carbocycles. The predicted molar refractivity (Wildman–Crippen MR) is 72.7 cm³/mol. The molecule has 1 heterocycles. The quantitative estimate of drug-likeness (QED) is 0.784. The first kappa shape index (κ1) is 13.8. The molecule has 1 fully saturated rings. The second kappa shape index (κ2) is 5.59. The van der Waals surface area contributed by atoms with Crippen LogP contribution in [0.5, 0.6) is 0 Å². The molecular formula is C13H15FN2O2S. The van der Waals surface area contributed by atoms with Gasteiger partial charge in [0, 0.05) is 12.1 Å². The Morgan fingerprint density at radius 3 is 2.79 bits per heavy atom. The molecule has 6 heteroatoms. The van der Waals surface area contributed by atoms with Gasteiger partial charge >= 0.3 is 0 Å². The van der Waals surface area contributed by atoms with E-state index in [1.165, 1.54) is 12.1 Å². The molecule has 2 rings (SSSR count). The van der Waals surface area contributed by atoms with E-state index in [1.807, 2.05) is 0 Å². The maximum absolute atomic E-state index is 14.0. The number of nitrogens with two attached hydrogens (primary N) is 1. The van der Waals surface area contributed by atoms with Crippen LogP contribution in [0, 0.1) is 17.7 Å². The summed E-state index contributed by atoms with van der Waals surface area (Å²) in [6.45, 7) is 0.525. The maximum atomic E-state index is 14.0. The number of benzene rings is 1. The Labute approximate surface area is 112 Å². The van der Waals surface area contributed by atoms with Crippen molar-refractivity contribution in [3.05, 3.63) is 29.6 Å². The smallest absolute Gasteiger partial charge is 0.235 e. The van der Waals surface area contributed by atoms with Crippen LogP contribution in [0.25, 0.3) is 0 Å². The van der Waals surface area contributed by atoms with E-state index in [9.17, 15) is 12.8 Å². The summed E-state index contributed by atoms with van der Waals surface area (Å²) < 4.78 is 39.0. The molecule has 0 atom stereocenters. The molecule has 0 unspecified atom stereocenters. The Balaban J connectivity index is 2.35. The molecule has 1 saturated heterocycles. The summed E-state index contributed by atoms with van der Waals surface area (Å²) in [5.74, 6) is 4.84. The second-order valence-corrected chi connectivity index (χ2v) is 6.28. The highest BCUT2D eigenvalue weighted by atomic mass is 32.2. The van der Waals surface area contributed by atoms with Gasteiger partial charge in [0.1, 0.15) is 5.82 Å². The zero-order chi connectivity index (χ0) is 13.9. The van der Waals surface area contributed by atoms with Crippen LogP contribution in [0.3, 0.4) is 0 Å². The summed E-state index contributed by atoms with van der Waals surface area (Å²) in [5, 5.41) is 0. The molecule has 0 amide bonds. The number of halogens is 1. The minimum Gasteiger partial charge on any atom is -0.320 e. The molecule has 4 nitrogen and oxygen atoms in total. The SMILES string of the molecule is NCC#Cc1ccc(N2CCCCS2(=O)=O)c(F)c1. The number of hydrogen-bond donors (Lipinski definition) is 1. The molecule has 1 aromatic rings. The van der Waals surface area contributed by atoms with Crippen LogP contribution in [0.2, 0.25) is 0 Å². The van der Waals surface area contributed by atoms with Crippen LogP contribution in [-0.4, -0.2) is 27.3 Å². The first-order chi connectivity index (χ1) is 9.04. The number of anilines is 1. The zero-order valence-electron chi connectivity index (χ0n) is 10.4. The highest BCUT2D eigenvalue weighted by Gasteiger charge is 2.27. The molecule has 1 aliphatic heterocycles. The first-order valence-electron chi connectivity index (χ1n) is 6.03. The van der Waals surface area contributed by atoms with E-state index in [0.717, 1.165) is 10.7 Å². The molecule has 0 spiro atoms. The van der Waals surface area contributed by atoms with Gasteiger partial charge < -0.3 is 5.73 Å². The molecule has 1 aromatic carbocycles. The highest BCUT2D eigenvalue weighted by Crippen LogP contribution is 2.26. The largest absolute Gasteiger partial charge is 0.320 e. The van der Waals surface area contributed by atoms with Crippen molar-refractivity contribution in [3.63, 3.8) is 0 Å². The number of nitrogens with zero attached hydrogens (tertiary/aromatic N) is 1. The molecule has 0 saturated carbocycles. The summed E-state index contributed by atoms with van der Waals surface area (Å²) >= 11 is 0. The third-order valence-electron chi connectivity index (χ3n) is 2.90. The van der Waals surface area contributed by atoms with Gasteiger partial charge in [0.15, 0.2) is 0 Å². The van der Waals surface area contributed by atoms with Crippen LogP contribution in [0.15, 0.2) is 18.2 Å². The minimum atomic E-state index is -3.39. The molecule has 1 aliphatic rings. The van der Waals surface area contributed by atoms with E-state index in [0.29, 0.717) is 18.5 Å². The maximum Gasteiger partial charge on any atom is 0.235 e. The van der Waals surface area contributed by atoms with Gasteiger partial charge in [-0.2, -0.15) is 0 Å². The third kappa shape index (κ3) is 3.06. The first-order valence-corrected chi connectivity index (χ1v) is 7.64. The molecular weight excluding hydrogens is 267 g/mol. The molecule has 0 radical (unpaired) electrons. The van der Waals surface area contributed by atoms with Gasteiger partial charge in [0.25, 0.3) is 0 Å². The lowest BCUT2D eigenvalue weighted by Crippen LogP contribution is -2.38. The van der Waals surface area contributed by atoms with E-state index < -0.39 is 15.8 Å². The molecule has 2 N–H and O–H groups in total. The van der Waals surface area contributed by atoms with Gasteiger partial charge in [0.05, 0.1) is 18.0 Å². The molecule has 0 bridgehead atoms. The lowest BCUT2D eigenvalue weighted by molar-refractivity contribution is 0.568. The fraction of sp³-hybridized carbons (Fsp3) is 0.385. The zero-order valence-corrected chi connectivity index (χ0v) is 11.2. The molecule has 0 aromatic heterocycles. The molecule has 19 heavy (non-hydrogen) atoms. The second-order valence-electron chi connectivity index (χ2n) is 4.27. The average molecular weight is 282 g/mol. The topological polar surface area (TPSA) is 63.4 Å². The summed E-state index contributed by atoms with van der Waals surface area (Å²) in [6, 6.07) is 4.30. The Morgan fingerprint density at radius 2 is 2.16 bits per heavy atom. The van der Waals surface area contributed by atoms with E-state index in [-0.39, 0.29) is 18.0 Å². The predicted octanol–water partition coefficient (Wildman–Crippen LogP) is 1.07. The summed E-state index contributed by atoms with van der Waals surface area (Å²) in [7, 11) is -3.39. The highest BCUT2D eigenvalue weighted by molar-refractivity contribution is 7.92. The van der Waals surface area contributed by atoms with Crippen molar-refractivity contribution in [1.29, 1.82) is 0 Å². The Hall–Kier alpha value is -1.58. The van der Waals surface area contributed by atoms with E-state index in [4.69, 9.17) is 5.73 Å². The van der Waals surface area contributed by atoms with Gasteiger partial charge in [-0.3, -0.25) is 4.31 Å². The van der Waals surface area contributed by atoms with Gasteiger partial charge in [-0.15, -0.1) is 0 Å². The van der Waals surface area contributed by atoms with Gasteiger partial charge in [0.2, 0.25) is 10.0 Å². The Bertz CT molecular complexity index is 632. The minimum absolute atomic E-state index is 0.0706. The lowest BCUT2D eigenvalue weighted by Gasteiger charge is -2.28. The third-order valence-corrected chi connectivity index (χ3v) is 4.76. The number of rotatable bonds is 1. The fourth-order valence-corrected chi connectivity index (χ4v) is 3.64. The van der Waals surface area contributed by atoms with Crippen molar-refractivity contribution in [2.24, 2.45) is 5.73 Å². The fourth-order valence-electron chi connectivity index (χ4n) is 2.00. The van der Waals surface area contributed by atoms with Gasteiger partial charge in [-0.05, 0) is 31.0 Å². The Kier molecular flexibility index (Phi) is 4.08. The van der Waals surface area contributed by atoms with Crippen molar-refractivity contribution in [1.82, 2.24) is 0 Å². The monoisotopic (exact) mass is 282 g/mol. The van der Waals surface area contributed by atoms with Crippen LogP contribution >= 0.6 is 0 Å². The normalized spacial score (nSPS) is 17.7. The van der Waals surface area contributed by atoms with Crippen molar-refractivity contribution in [2.75, 3.05) is 23.1 Å².